The van der Waals surface area contributed by atoms with Crippen LogP contribution in [-0.4, -0.2) is 31.5 Å². The van der Waals surface area contributed by atoms with Gasteiger partial charge in [0.25, 0.3) is 0 Å². The molecule has 2 aromatic rings. The molecule has 152 valence electrons. The summed E-state index contributed by atoms with van der Waals surface area (Å²) < 4.78 is 29.1. The summed E-state index contributed by atoms with van der Waals surface area (Å²) in [6, 6.07) is 9.02. The molecular formula is C14H12Na2O12P2. The SMILES string of the molecule is O=C([O-])c1ccc(OP(=O)(O)O)cc1.O=C([O-])c1ccc(OP(=O)(O)O)cc1.[Na+].[Na+]. The molecule has 2 rings (SSSR count). The summed E-state index contributed by atoms with van der Waals surface area (Å²) in [6.45, 7) is 0. The largest absolute Gasteiger partial charge is 1.00 e. The van der Waals surface area contributed by atoms with Crippen molar-refractivity contribution in [3.05, 3.63) is 59.7 Å². The van der Waals surface area contributed by atoms with E-state index in [0.29, 0.717) is 0 Å². The third kappa shape index (κ3) is 13.6. The molecular weight excluding hydrogens is 468 g/mol. The minimum atomic E-state index is -4.59. The molecule has 0 atom stereocenters. The summed E-state index contributed by atoms with van der Waals surface area (Å²) in [5.74, 6) is -2.95. The van der Waals surface area contributed by atoms with E-state index < -0.39 is 27.6 Å². The maximum absolute atomic E-state index is 10.4. The van der Waals surface area contributed by atoms with E-state index in [0.717, 1.165) is 48.5 Å². The summed E-state index contributed by atoms with van der Waals surface area (Å²) in [4.78, 5) is 54.2. The molecule has 0 saturated carbocycles. The molecule has 30 heavy (non-hydrogen) atoms. The molecule has 0 heterocycles. The number of carbonyl (C=O) groups is 2. The van der Waals surface area contributed by atoms with Gasteiger partial charge < -0.3 is 28.8 Å². The second-order valence-corrected chi connectivity index (χ2v) is 7.11. The van der Waals surface area contributed by atoms with Gasteiger partial charge in [-0.25, -0.2) is 9.13 Å². The van der Waals surface area contributed by atoms with E-state index in [9.17, 15) is 28.9 Å². The molecule has 0 aromatic heterocycles. The minimum Gasteiger partial charge on any atom is -0.545 e. The Bertz CT molecular complexity index is 843. The minimum absolute atomic E-state index is 0. The number of rotatable bonds is 6. The normalized spacial score (nSPS) is 10.3. The summed E-state index contributed by atoms with van der Waals surface area (Å²) in [6.07, 6.45) is 0. The smallest absolute Gasteiger partial charge is 0.545 e. The monoisotopic (exact) mass is 480 g/mol. The molecule has 0 aliphatic heterocycles. The van der Waals surface area contributed by atoms with Gasteiger partial charge in [-0.05, 0) is 59.7 Å². The van der Waals surface area contributed by atoms with Crippen molar-refractivity contribution in [1.82, 2.24) is 0 Å². The molecule has 2 aromatic carbocycles. The van der Waals surface area contributed by atoms with E-state index >= 15 is 0 Å². The number of carbonyl (C=O) groups excluding carboxylic acids is 2. The molecule has 0 unspecified atom stereocenters. The molecule has 0 spiro atoms. The number of phosphoric ester groups is 2. The zero-order chi connectivity index (χ0) is 21.5. The van der Waals surface area contributed by atoms with Crippen LogP contribution in [0.3, 0.4) is 0 Å². The van der Waals surface area contributed by atoms with Crippen LogP contribution in [0.5, 0.6) is 11.5 Å². The number of carboxylic acid groups (broad SMARTS) is 2. The molecule has 0 amide bonds. The van der Waals surface area contributed by atoms with Crippen molar-refractivity contribution in [1.29, 1.82) is 0 Å². The fraction of sp³-hybridized carbons (Fsp3) is 0. The summed E-state index contributed by atoms with van der Waals surface area (Å²) >= 11 is 0. The second-order valence-electron chi connectivity index (χ2n) is 4.79. The van der Waals surface area contributed by atoms with Crippen LogP contribution in [-0.2, 0) is 9.13 Å². The number of hydrogen-bond donors (Lipinski definition) is 4. The Kier molecular flexibility index (Phi) is 14.3. The van der Waals surface area contributed by atoms with E-state index in [-0.39, 0.29) is 81.7 Å². The average Bonchev–Trinajstić information content (AvgIpc) is 2.53. The molecule has 0 aliphatic carbocycles. The number of aromatic carboxylic acids is 2. The molecule has 0 radical (unpaired) electrons. The first kappa shape index (κ1) is 31.5. The van der Waals surface area contributed by atoms with Crippen LogP contribution < -0.4 is 78.4 Å². The Labute approximate surface area is 213 Å². The Morgan fingerprint density at radius 1 is 0.633 bits per heavy atom. The first-order valence-electron chi connectivity index (χ1n) is 6.90. The fourth-order valence-corrected chi connectivity index (χ4v) is 2.37. The molecule has 0 bridgehead atoms. The van der Waals surface area contributed by atoms with Crippen molar-refractivity contribution in [3.63, 3.8) is 0 Å². The van der Waals surface area contributed by atoms with Gasteiger partial charge in [-0.15, -0.1) is 0 Å². The van der Waals surface area contributed by atoms with Gasteiger partial charge in [-0.1, -0.05) is 0 Å². The van der Waals surface area contributed by atoms with Gasteiger partial charge in [0.15, 0.2) is 0 Å². The van der Waals surface area contributed by atoms with Gasteiger partial charge in [0.1, 0.15) is 11.5 Å². The van der Waals surface area contributed by atoms with Crippen molar-refractivity contribution in [3.8, 4) is 11.5 Å². The molecule has 0 saturated heterocycles. The van der Waals surface area contributed by atoms with E-state index in [1.807, 2.05) is 0 Å². The van der Waals surface area contributed by atoms with Gasteiger partial charge in [0.05, 0.1) is 11.9 Å². The van der Waals surface area contributed by atoms with E-state index in [1.54, 1.807) is 0 Å². The van der Waals surface area contributed by atoms with Crippen molar-refractivity contribution in [2.75, 3.05) is 0 Å². The third-order valence-corrected chi connectivity index (χ3v) is 3.53. The molecule has 16 heteroatoms. The van der Waals surface area contributed by atoms with Crippen molar-refractivity contribution < 1.29 is 117 Å². The van der Waals surface area contributed by atoms with Crippen molar-refractivity contribution >= 4 is 27.6 Å². The maximum Gasteiger partial charge on any atom is 1.00 e. The molecule has 12 nitrogen and oxygen atoms in total. The topological polar surface area (TPSA) is 214 Å². The number of hydrogen-bond acceptors (Lipinski definition) is 8. The van der Waals surface area contributed by atoms with Gasteiger partial charge in [0, 0.05) is 0 Å². The predicted molar refractivity (Wildman–Crippen MR) is 86.9 cm³/mol. The van der Waals surface area contributed by atoms with Crippen LogP contribution in [0.1, 0.15) is 20.7 Å². The summed E-state index contributed by atoms with van der Waals surface area (Å²) in [5.41, 5.74) is -0.189. The molecule has 0 aliphatic rings. The third-order valence-electron chi connectivity index (χ3n) is 2.63. The van der Waals surface area contributed by atoms with Crippen LogP contribution in [0.2, 0.25) is 0 Å². The van der Waals surface area contributed by atoms with E-state index in [2.05, 4.69) is 9.05 Å². The molecule has 0 fully saturated rings. The van der Waals surface area contributed by atoms with Crippen LogP contribution in [0.15, 0.2) is 48.5 Å². The maximum atomic E-state index is 10.4. The Morgan fingerprint density at radius 2 is 0.867 bits per heavy atom. The summed E-state index contributed by atoms with van der Waals surface area (Å²) in [7, 11) is -9.18. The van der Waals surface area contributed by atoms with Crippen molar-refractivity contribution in [2.45, 2.75) is 0 Å². The first-order chi connectivity index (χ1) is 12.8. The quantitative estimate of drug-likeness (QED) is 0.224. The Hall–Kier alpha value is -0.720. The van der Waals surface area contributed by atoms with Crippen molar-refractivity contribution in [2.24, 2.45) is 0 Å². The fourth-order valence-electron chi connectivity index (χ4n) is 1.58. The number of carboxylic acids is 2. The second kappa shape index (κ2) is 13.6. The molecule has 4 N–H and O–H groups in total. The number of benzene rings is 2. The average molecular weight is 480 g/mol. The predicted octanol–water partition coefficient (Wildman–Crippen LogP) is -6.95. The van der Waals surface area contributed by atoms with Gasteiger partial charge in [-0.2, -0.15) is 0 Å². The number of phosphoric acid groups is 2. The standard InChI is InChI=1S/2C7H7O6P.2Na/c2*8-7(9)5-1-3-6(4-2-5)13-14(10,11)12;;/h2*1-4H,(H,8,9)(H2,10,11,12);;/q;;2*+1/p-2. The van der Waals surface area contributed by atoms with Crippen LogP contribution in [0.4, 0.5) is 0 Å². The summed E-state index contributed by atoms with van der Waals surface area (Å²) in [5, 5.41) is 20.6. The van der Waals surface area contributed by atoms with Crippen LogP contribution >= 0.6 is 15.6 Å². The Balaban J connectivity index is 0. The first-order valence-corrected chi connectivity index (χ1v) is 9.96. The van der Waals surface area contributed by atoms with E-state index in [4.69, 9.17) is 19.6 Å². The van der Waals surface area contributed by atoms with E-state index in [1.165, 1.54) is 0 Å². The Morgan fingerprint density at radius 3 is 1.03 bits per heavy atom. The zero-order valence-electron chi connectivity index (χ0n) is 15.6. The van der Waals surface area contributed by atoms with Gasteiger partial charge in [0.2, 0.25) is 0 Å². The van der Waals surface area contributed by atoms with Gasteiger partial charge >= 0.3 is 74.8 Å². The zero-order valence-corrected chi connectivity index (χ0v) is 21.4. The van der Waals surface area contributed by atoms with Crippen LogP contribution in [0.25, 0.3) is 0 Å². The van der Waals surface area contributed by atoms with Crippen LogP contribution in [0, 0.1) is 0 Å². The van der Waals surface area contributed by atoms with Gasteiger partial charge in [-0.3, -0.25) is 19.6 Å².